The molecule has 1 rings (SSSR count). The minimum absolute atomic E-state index is 0.303. The Morgan fingerprint density at radius 3 is 2.44 bits per heavy atom. The summed E-state index contributed by atoms with van der Waals surface area (Å²) >= 11 is 1.30. The fourth-order valence-corrected chi connectivity index (χ4v) is 0.970. The van der Waals surface area contributed by atoms with Gasteiger partial charge in [0.25, 0.3) is 0 Å². The molecular formula is C7H7OS. The van der Waals surface area contributed by atoms with Gasteiger partial charge in [-0.1, -0.05) is 12.1 Å². The van der Waals surface area contributed by atoms with Crippen LogP contribution in [0.3, 0.4) is 0 Å². The molecule has 0 amide bonds. The number of aromatic hydroxyl groups is 1. The van der Waals surface area contributed by atoms with E-state index in [-0.39, 0.29) is 0 Å². The second-order valence-electron chi connectivity index (χ2n) is 1.61. The highest BCUT2D eigenvalue weighted by atomic mass is 32.2. The first-order chi connectivity index (χ1) is 4.34. The maximum absolute atomic E-state index is 9.05. The van der Waals surface area contributed by atoms with Crippen LogP contribution in [0.1, 0.15) is 0 Å². The van der Waals surface area contributed by atoms with Crippen LogP contribution < -0.4 is 0 Å². The molecule has 9 heavy (non-hydrogen) atoms. The average Bonchev–Trinajstić information content (AvgIpc) is 1.89. The van der Waals surface area contributed by atoms with Gasteiger partial charge in [0.05, 0.1) is 0 Å². The molecule has 0 unspecified atom stereocenters. The van der Waals surface area contributed by atoms with Gasteiger partial charge in [-0.2, -0.15) is 0 Å². The van der Waals surface area contributed by atoms with Gasteiger partial charge in [0, 0.05) is 11.2 Å². The van der Waals surface area contributed by atoms with E-state index in [1.807, 2.05) is 12.1 Å². The molecule has 1 aromatic rings. The lowest BCUT2D eigenvalue weighted by atomic mass is 10.3. The molecule has 1 aromatic carbocycles. The Hall–Kier alpha value is -0.630. The predicted molar refractivity (Wildman–Crippen MR) is 39.3 cm³/mol. The fourth-order valence-electron chi connectivity index (χ4n) is 0.579. The van der Waals surface area contributed by atoms with Crippen molar-refractivity contribution in [3.63, 3.8) is 0 Å². The summed E-state index contributed by atoms with van der Waals surface area (Å²) in [7, 11) is 0. The second kappa shape index (κ2) is 2.78. The molecule has 0 saturated carbocycles. The van der Waals surface area contributed by atoms with Crippen molar-refractivity contribution in [2.45, 2.75) is 4.90 Å². The highest BCUT2D eigenvalue weighted by molar-refractivity contribution is 8.00. The van der Waals surface area contributed by atoms with E-state index in [4.69, 9.17) is 5.11 Å². The molecule has 0 fully saturated rings. The number of hydrogen-bond acceptors (Lipinski definition) is 2. The van der Waals surface area contributed by atoms with Gasteiger partial charge < -0.3 is 5.11 Å². The van der Waals surface area contributed by atoms with Crippen molar-refractivity contribution >= 4 is 11.8 Å². The van der Waals surface area contributed by atoms with Gasteiger partial charge >= 0.3 is 0 Å². The molecule has 0 atom stereocenters. The van der Waals surface area contributed by atoms with Crippen LogP contribution in [-0.4, -0.2) is 5.11 Å². The molecule has 1 nitrogen and oxygen atoms in total. The molecule has 1 radical (unpaired) electrons. The SMILES string of the molecule is [CH2]Sc1ccccc1O. The molecule has 0 aromatic heterocycles. The Bertz CT molecular complexity index is 198. The van der Waals surface area contributed by atoms with Crippen LogP contribution in [-0.2, 0) is 0 Å². The van der Waals surface area contributed by atoms with Crippen molar-refractivity contribution < 1.29 is 5.11 Å². The van der Waals surface area contributed by atoms with Crippen LogP contribution in [0.5, 0.6) is 5.75 Å². The largest absolute Gasteiger partial charge is 0.507 e. The third-order valence-corrected chi connectivity index (χ3v) is 1.68. The van der Waals surface area contributed by atoms with Gasteiger partial charge in [0.1, 0.15) is 5.75 Å². The molecule has 2 heteroatoms. The number of hydrogen-bond donors (Lipinski definition) is 1. The summed E-state index contributed by atoms with van der Waals surface area (Å²) in [5.41, 5.74) is 0. The first kappa shape index (κ1) is 6.49. The van der Waals surface area contributed by atoms with Gasteiger partial charge in [-0.15, -0.1) is 11.8 Å². The Kier molecular flexibility index (Phi) is 2.01. The van der Waals surface area contributed by atoms with Crippen molar-refractivity contribution in [2.24, 2.45) is 0 Å². The fraction of sp³-hybridized carbons (Fsp3) is 0. The minimum Gasteiger partial charge on any atom is -0.507 e. The van der Waals surface area contributed by atoms with Gasteiger partial charge in [-0.05, 0) is 12.1 Å². The van der Waals surface area contributed by atoms with E-state index < -0.39 is 0 Å². The van der Waals surface area contributed by atoms with Crippen molar-refractivity contribution in [2.75, 3.05) is 0 Å². The molecule has 47 valence electrons. The quantitative estimate of drug-likeness (QED) is 0.602. The van der Waals surface area contributed by atoms with Crippen LogP contribution in [0.4, 0.5) is 0 Å². The molecule has 0 bridgehead atoms. The third kappa shape index (κ3) is 1.39. The Morgan fingerprint density at radius 1 is 1.33 bits per heavy atom. The van der Waals surface area contributed by atoms with E-state index in [0.29, 0.717) is 5.75 Å². The van der Waals surface area contributed by atoms with E-state index in [2.05, 4.69) is 6.26 Å². The smallest absolute Gasteiger partial charge is 0.129 e. The van der Waals surface area contributed by atoms with Crippen molar-refractivity contribution in [1.82, 2.24) is 0 Å². The topological polar surface area (TPSA) is 20.2 Å². The van der Waals surface area contributed by atoms with Crippen LogP contribution in [0, 0.1) is 6.26 Å². The summed E-state index contributed by atoms with van der Waals surface area (Å²) in [6.07, 6.45) is 3.57. The lowest BCUT2D eigenvalue weighted by molar-refractivity contribution is 0.462. The van der Waals surface area contributed by atoms with Crippen LogP contribution in [0.15, 0.2) is 29.2 Å². The van der Waals surface area contributed by atoms with Crippen LogP contribution >= 0.6 is 11.8 Å². The first-order valence-corrected chi connectivity index (χ1v) is 3.53. The van der Waals surface area contributed by atoms with Crippen LogP contribution in [0.25, 0.3) is 0 Å². The van der Waals surface area contributed by atoms with Gasteiger partial charge in [0.15, 0.2) is 0 Å². The molecule has 0 saturated heterocycles. The summed E-state index contributed by atoms with van der Waals surface area (Å²) in [6.45, 7) is 0. The number of phenolic OH excluding ortho intramolecular Hbond substituents is 1. The Labute approximate surface area is 58.7 Å². The molecule has 0 spiro atoms. The Morgan fingerprint density at radius 2 is 2.00 bits per heavy atom. The third-order valence-electron chi connectivity index (χ3n) is 1.02. The number of benzene rings is 1. The van der Waals surface area contributed by atoms with Gasteiger partial charge in [0.2, 0.25) is 0 Å². The Balaban J connectivity index is 3.01. The molecule has 1 N–H and O–H groups in total. The summed E-state index contributed by atoms with van der Waals surface area (Å²) in [5.74, 6) is 0.303. The van der Waals surface area contributed by atoms with E-state index in [9.17, 15) is 0 Å². The standard InChI is InChI=1S/C7H7OS/c1-9-7-5-3-2-4-6(7)8/h2-5,8H,1H2. The first-order valence-electron chi connectivity index (χ1n) is 2.54. The normalized spacial score (nSPS) is 9.44. The monoisotopic (exact) mass is 139 g/mol. The summed E-state index contributed by atoms with van der Waals surface area (Å²) in [6, 6.07) is 7.13. The lowest BCUT2D eigenvalue weighted by Crippen LogP contribution is -1.67. The average molecular weight is 139 g/mol. The molecule has 0 aliphatic rings. The van der Waals surface area contributed by atoms with Crippen LogP contribution in [0.2, 0.25) is 0 Å². The molecular weight excluding hydrogens is 132 g/mol. The summed E-state index contributed by atoms with van der Waals surface area (Å²) < 4.78 is 0. The highest BCUT2D eigenvalue weighted by Gasteiger charge is 1.93. The van der Waals surface area contributed by atoms with Crippen molar-refractivity contribution in [3.8, 4) is 5.75 Å². The van der Waals surface area contributed by atoms with E-state index >= 15 is 0 Å². The van der Waals surface area contributed by atoms with Crippen molar-refractivity contribution in [3.05, 3.63) is 30.5 Å². The van der Waals surface area contributed by atoms with E-state index in [0.717, 1.165) is 4.90 Å². The summed E-state index contributed by atoms with van der Waals surface area (Å²) in [5, 5.41) is 9.05. The zero-order chi connectivity index (χ0) is 6.69. The maximum atomic E-state index is 9.05. The number of para-hydroxylation sites is 1. The number of thioether (sulfide) groups is 1. The van der Waals surface area contributed by atoms with E-state index in [1.54, 1.807) is 12.1 Å². The lowest BCUT2D eigenvalue weighted by Gasteiger charge is -1.96. The van der Waals surface area contributed by atoms with Gasteiger partial charge in [-0.25, -0.2) is 0 Å². The molecule has 0 aliphatic heterocycles. The number of phenols is 1. The second-order valence-corrected chi connectivity index (χ2v) is 2.34. The predicted octanol–water partition coefficient (Wildman–Crippen LogP) is 2.28. The van der Waals surface area contributed by atoms with Gasteiger partial charge in [-0.3, -0.25) is 0 Å². The van der Waals surface area contributed by atoms with Crippen molar-refractivity contribution in [1.29, 1.82) is 0 Å². The zero-order valence-electron chi connectivity index (χ0n) is 4.87. The molecule has 0 aliphatic carbocycles. The number of rotatable bonds is 1. The molecule has 0 heterocycles. The zero-order valence-corrected chi connectivity index (χ0v) is 5.69. The summed E-state index contributed by atoms with van der Waals surface area (Å²) in [4.78, 5) is 0.817. The highest BCUT2D eigenvalue weighted by Crippen LogP contribution is 2.25. The minimum atomic E-state index is 0.303. The van der Waals surface area contributed by atoms with E-state index in [1.165, 1.54) is 11.8 Å². The maximum Gasteiger partial charge on any atom is 0.129 e.